The highest BCUT2D eigenvalue weighted by Crippen LogP contribution is 2.19. The second-order valence-electron chi connectivity index (χ2n) is 17.1. The van der Waals surface area contributed by atoms with Gasteiger partial charge < -0.3 is 94.3 Å². The first-order valence-electron chi connectivity index (χ1n) is 27.1. The standard InChI is InChI=1S/C54H88N6O19/c55-49-40-47(9-7-45(49)42-61)78-21-1-6-51(63)57-13-2-17-67-24-30-73-31-25-68-18-3-14-58-52(64)11-22-71-28-34-75-36-38-77-39-37-76-35-29-72-23-12-53(65)59-15-4-19-69-26-32-74-33-27-70-20-5-16-60-54(66)44-79-48-10-8-46(43-62)50(56)41-48/h7-10,40-43H,1-6,11-39,44,55-56H2,(H,57,63)(H,58,64)(H,59,65)(H,60,66). The molecule has 8 N–H and O–H groups in total. The first-order chi connectivity index (χ1) is 38.7. The van der Waals surface area contributed by atoms with E-state index in [9.17, 15) is 28.8 Å². The van der Waals surface area contributed by atoms with Gasteiger partial charge in [-0.25, -0.2) is 0 Å². The van der Waals surface area contributed by atoms with Gasteiger partial charge in [-0.2, -0.15) is 0 Å². The number of nitrogen functional groups attached to an aromatic ring is 2. The van der Waals surface area contributed by atoms with Crippen molar-refractivity contribution in [1.29, 1.82) is 0 Å². The van der Waals surface area contributed by atoms with E-state index >= 15 is 0 Å². The zero-order chi connectivity index (χ0) is 56.9. The van der Waals surface area contributed by atoms with Crippen LogP contribution in [0.4, 0.5) is 11.4 Å². The molecular weight excluding hydrogens is 1040 g/mol. The van der Waals surface area contributed by atoms with Gasteiger partial charge in [-0.15, -0.1) is 0 Å². The molecule has 448 valence electrons. The number of rotatable bonds is 56. The first-order valence-corrected chi connectivity index (χ1v) is 27.1. The number of nitrogens with one attached hydrogen (secondary N) is 4. The summed E-state index contributed by atoms with van der Waals surface area (Å²) in [5.74, 6) is 0.457. The zero-order valence-corrected chi connectivity index (χ0v) is 46.0. The van der Waals surface area contributed by atoms with E-state index in [1.165, 1.54) is 12.1 Å². The van der Waals surface area contributed by atoms with E-state index in [-0.39, 0.29) is 48.8 Å². The summed E-state index contributed by atoms with van der Waals surface area (Å²) in [5.41, 5.74) is 12.9. The molecule has 4 amide bonds. The van der Waals surface area contributed by atoms with Crippen molar-refractivity contribution in [3.05, 3.63) is 47.5 Å². The van der Waals surface area contributed by atoms with E-state index in [0.717, 1.165) is 0 Å². The smallest absolute Gasteiger partial charge is 0.257 e. The van der Waals surface area contributed by atoms with Gasteiger partial charge in [-0.1, -0.05) is 0 Å². The molecule has 0 aliphatic carbocycles. The van der Waals surface area contributed by atoms with Gasteiger partial charge in [0.2, 0.25) is 17.7 Å². The molecule has 0 bridgehead atoms. The highest BCUT2D eigenvalue weighted by Gasteiger charge is 2.08. The Morgan fingerprint density at radius 2 is 0.633 bits per heavy atom. The molecule has 2 aromatic carbocycles. The van der Waals surface area contributed by atoms with Crippen LogP contribution in [-0.2, 0) is 71.3 Å². The molecule has 25 nitrogen and oxygen atoms in total. The Balaban J connectivity index is 1.17. The number of benzene rings is 2. The lowest BCUT2D eigenvalue weighted by atomic mass is 10.2. The topological polar surface area (TPSA) is 323 Å². The molecule has 0 heterocycles. The first kappa shape index (κ1) is 69.5. The van der Waals surface area contributed by atoms with Crippen molar-refractivity contribution < 1.29 is 90.3 Å². The number of amides is 4. The average molecular weight is 1130 g/mol. The van der Waals surface area contributed by atoms with Crippen LogP contribution < -0.4 is 42.2 Å². The van der Waals surface area contributed by atoms with Gasteiger partial charge >= 0.3 is 0 Å². The normalized spacial score (nSPS) is 11.0. The molecular formula is C54H88N6O19. The second kappa shape index (κ2) is 50.6. The van der Waals surface area contributed by atoms with Crippen LogP contribution in [0.15, 0.2) is 36.4 Å². The lowest BCUT2D eigenvalue weighted by Gasteiger charge is -2.09. The van der Waals surface area contributed by atoms with E-state index < -0.39 is 0 Å². The summed E-state index contributed by atoms with van der Waals surface area (Å²) in [7, 11) is 0. The fraction of sp³-hybridized carbons (Fsp3) is 0.667. The van der Waals surface area contributed by atoms with Crippen molar-refractivity contribution in [2.75, 3.05) is 196 Å². The number of carbonyl (C=O) groups excluding carboxylic acids is 6. The second-order valence-corrected chi connectivity index (χ2v) is 17.1. The summed E-state index contributed by atoms with van der Waals surface area (Å²) >= 11 is 0. The highest BCUT2D eigenvalue weighted by atomic mass is 16.6. The van der Waals surface area contributed by atoms with Crippen molar-refractivity contribution in [1.82, 2.24) is 21.3 Å². The maximum atomic E-state index is 12.0. The quantitative estimate of drug-likeness (QED) is 0.0312. The Hall–Kier alpha value is -5.58. The Bertz CT molecular complexity index is 1900. The summed E-state index contributed by atoms with van der Waals surface area (Å²) in [6.07, 6.45) is 5.43. The Morgan fingerprint density at radius 1 is 0.342 bits per heavy atom. The number of nitrogens with two attached hydrogens (primary N) is 2. The number of ether oxygens (including phenoxy) is 13. The van der Waals surface area contributed by atoms with Crippen LogP contribution >= 0.6 is 0 Å². The van der Waals surface area contributed by atoms with E-state index in [4.69, 9.17) is 73.0 Å². The third-order valence-corrected chi connectivity index (χ3v) is 10.6. The minimum Gasteiger partial charge on any atom is -0.494 e. The van der Waals surface area contributed by atoms with Crippen molar-refractivity contribution in [3.8, 4) is 11.5 Å². The summed E-state index contributed by atoms with van der Waals surface area (Å²) < 4.78 is 71.5. The molecule has 0 spiro atoms. The van der Waals surface area contributed by atoms with Crippen LogP contribution in [0.5, 0.6) is 11.5 Å². The van der Waals surface area contributed by atoms with Gasteiger partial charge in [0.25, 0.3) is 5.91 Å². The number of hydrogen-bond donors (Lipinski definition) is 6. The van der Waals surface area contributed by atoms with E-state index in [0.29, 0.717) is 258 Å². The third-order valence-electron chi connectivity index (χ3n) is 10.6. The molecule has 0 fully saturated rings. The van der Waals surface area contributed by atoms with Crippen molar-refractivity contribution in [2.24, 2.45) is 0 Å². The van der Waals surface area contributed by atoms with Crippen molar-refractivity contribution in [2.45, 2.75) is 51.4 Å². The third kappa shape index (κ3) is 42.0. The maximum Gasteiger partial charge on any atom is 0.257 e. The van der Waals surface area contributed by atoms with Crippen LogP contribution in [0.3, 0.4) is 0 Å². The van der Waals surface area contributed by atoms with Gasteiger partial charge in [0.05, 0.1) is 126 Å². The molecule has 0 aliphatic heterocycles. The molecule has 0 saturated heterocycles. The zero-order valence-electron chi connectivity index (χ0n) is 46.0. The Kier molecular flexibility index (Phi) is 44.6. The Labute approximate surface area is 464 Å². The van der Waals surface area contributed by atoms with Crippen LogP contribution in [0.2, 0.25) is 0 Å². The molecule has 0 unspecified atom stereocenters. The average Bonchev–Trinajstić information content (AvgIpc) is 3.44. The van der Waals surface area contributed by atoms with Gasteiger partial charge in [-0.05, 0) is 56.4 Å². The fourth-order valence-electron chi connectivity index (χ4n) is 6.39. The number of carbonyl (C=O) groups is 6. The molecule has 0 aliphatic rings. The molecule has 0 aromatic heterocycles. The summed E-state index contributed by atoms with van der Waals surface area (Å²) in [4.78, 5) is 69.7. The van der Waals surface area contributed by atoms with E-state index in [1.54, 1.807) is 24.3 Å². The van der Waals surface area contributed by atoms with Gasteiger partial charge in [0, 0.05) is 107 Å². The van der Waals surface area contributed by atoms with Gasteiger partial charge in [0.15, 0.2) is 19.2 Å². The minimum absolute atomic E-state index is 0.0553. The lowest BCUT2D eigenvalue weighted by Crippen LogP contribution is -2.30. The molecule has 0 saturated carbocycles. The van der Waals surface area contributed by atoms with Crippen molar-refractivity contribution >= 4 is 47.6 Å². The van der Waals surface area contributed by atoms with Crippen LogP contribution in [-0.4, -0.2) is 221 Å². The van der Waals surface area contributed by atoms with E-state index in [2.05, 4.69) is 21.3 Å². The van der Waals surface area contributed by atoms with E-state index in [1.807, 2.05) is 0 Å². The SMILES string of the molecule is Nc1cc(OCCCC(=O)NCCCOCCOCCOCCCNC(=O)CCOCCOCCOCCOCCOCCC(=O)NCCCOCCOCCOCCCNC(=O)COc2ccc(C=O)c(N)c2)ccc1C=O. The van der Waals surface area contributed by atoms with Gasteiger partial charge in [0.1, 0.15) is 11.5 Å². The van der Waals surface area contributed by atoms with Crippen LogP contribution in [0, 0.1) is 0 Å². The number of hydrogen-bond acceptors (Lipinski definition) is 21. The Morgan fingerprint density at radius 3 is 0.962 bits per heavy atom. The lowest BCUT2D eigenvalue weighted by molar-refractivity contribution is -0.123. The highest BCUT2D eigenvalue weighted by molar-refractivity contribution is 5.84. The fourth-order valence-corrected chi connectivity index (χ4v) is 6.39. The van der Waals surface area contributed by atoms with Gasteiger partial charge in [-0.3, -0.25) is 28.8 Å². The molecule has 25 heteroatoms. The summed E-state index contributed by atoms with van der Waals surface area (Å²) in [6.45, 7) is 11.4. The number of aldehydes is 2. The maximum absolute atomic E-state index is 12.0. The predicted molar refractivity (Wildman–Crippen MR) is 291 cm³/mol. The molecule has 79 heavy (non-hydrogen) atoms. The van der Waals surface area contributed by atoms with Crippen molar-refractivity contribution in [3.63, 3.8) is 0 Å². The molecule has 2 rings (SSSR count). The predicted octanol–water partition coefficient (Wildman–Crippen LogP) is 1.70. The molecule has 0 atom stereocenters. The van der Waals surface area contributed by atoms with Crippen LogP contribution in [0.25, 0.3) is 0 Å². The minimum atomic E-state index is -0.274. The molecule has 2 aromatic rings. The largest absolute Gasteiger partial charge is 0.494 e. The monoisotopic (exact) mass is 1120 g/mol. The summed E-state index contributed by atoms with van der Waals surface area (Å²) in [6, 6.07) is 9.47. The summed E-state index contributed by atoms with van der Waals surface area (Å²) in [5, 5.41) is 11.3. The molecule has 0 radical (unpaired) electrons. The number of anilines is 2. The van der Waals surface area contributed by atoms with Crippen LogP contribution in [0.1, 0.15) is 72.1 Å².